The first-order valence-corrected chi connectivity index (χ1v) is 11.2. The van der Waals surface area contributed by atoms with Crippen molar-refractivity contribution in [3.05, 3.63) is 29.8 Å². The quantitative estimate of drug-likeness (QED) is 0.823. The van der Waals surface area contributed by atoms with Gasteiger partial charge in [-0.05, 0) is 36.8 Å². The Balaban J connectivity index is 1.20. The summed E-state index contributed by atoms with van der Waals surface area (Å²) in [5, 5.41) is 3.25. The van der Waals surface area contributed by atoms with Crippen LogP contribution >= 0.6 is 0 Å². The van der Waals surface area contributed by atoms with Crippen LogP contribution in [0.3, 0.4) is 0 Å². The van der Waals surface area contributed by atoms with E-state index in [0.29, 0.717) is 25.0 Å². The van der Waals surface area contributed by atoms with Gasteiger partial charge in [0, 0.05) is 44.5 Å². The van der Waals surface area contributed by atoms with E-state index in [1.54, 1.807) is 0 Å². The number of nitrogens with one attached hydrogen (secondary N) is 1. The van der Waals surface area contributed by atoms with Crippen LogP contribution in [-0.2, 0) is 16.0 Å². The number of benzene rings is 1. The Labute approximate surface area is 174 Å². The van der Waals surface area contributed by atoms with Gasteiger partial charge in [-0.25, -0.2) is 0 Å². The summed E-state index contributed by atoms with van der Waals surface area (Å²) >= 11 is 0. The number of fused-ring (bicyclic) bond motifs is 1. The Morgan fingerprint density at radius 1 is 0.966 bits per heavy atom. The predicted molar refractivity (Wildman–Crippen MR) is 115 cm³/mol. The van der Waals surface area contributed by atoms with Crippen LogP contribution in [0.2, 0.25) is 0 Å². The summed E-state index contributed by atoms with van der Waals surface area (Å²) in [6.45, 7) is 7.35. The third-order valence-electron chi connectivity index (χ3n) is 6.84. The smallest absolute Gasteiger partial charge is 0.241 e. The maximum absolute atomic E-state index is 12.8. The zero-order valence-corrected chi connectivity index (χ0v) is 17.6. The predicted octanol–water partition coefficient (Wildman–Crippen LogP) is 1.89. The molecule has 2 aliphatic heterocycles. The molecule has 2 fully saturated rings. The Hall–Kier alpha value is -1.92. The molecule has 6 heteroatoms. The van der Waals surface area contributed by atoms with Crippen molar-refractivity contribution in [3.8, 4) is 0 Å². The van der Waals surface area contributed by atoms with Gasteiger partial charge in [-0.2, -0.15) is 0 Å². The summed E-state index contributed by atoms with van der Waals surface area (Å²) < 4.78 is 0. The standard InChI is InChI=1S/C23H34N4O2/c1-18-6-2-4-8-20(18)24-22(28)16-25-12-14-26(15-13-25)17-23(29)27-11-10-19-7-3-5-9-21(19)27/h3,5,7,9,18,20H,2,4,6,8,10-17H2,1H3,(H,24,28). The van der Waals surface area contributed by atoms with Crippen LogP contribution in [0.5, 0.6) is 0 Å². The Bertz CT molecular complexity index is 729. The number of amides is 2. The molecule has 0 spiro atoms. The molecule has 158 valence electrons. The second kappa shape index (κ2) is 9.26. The lowest BCUT2D eigenvalue weighted by Gasteiger charge is -2.35. The second-order valence-electron chi connectivity index (χ2n) is 8.91. The number of hydrogen-bond acceptors (Lipinski definition) is 4. The van der Waals surface area contributed by atoms with Gasteiger partial charge < -0.3 is 10.2 Å². The number of para-hydroxylation sites is 1. The first kappa shape index (κ1) is 20.4. The van der Waals surface area contributed by atoms with Crippen LogP contribution in [0.15, 0.2) is 24.3 Å². The number of carbonyl (C=O) groups excluding carboxylic acids is 2. The minimum atomic E-state index is 0.155. The number of rotatable bonds is 5. The highest BCUT2D eigenvalue weighted by Gasteiger charge is 2.28. The molecule has 1 N–H and O–H groups in total. The minimum absolute atomic E-state index is 0.155. The molecule has 0 radical (unpaired) electrons. The fourth-order valence-electron chi connectivity index (χ4n) is 4.97. The molecule has 1 saturated carbocycles. The van der Waals surface area contributed by atoms with Gasteiger partial charge in [0.25, 0.3) is 0 Å². The summed E-state index contributed by atoms with van der Waals surface area (Å²) in [5.74, 6) is 0.931. The van der Waals surface area contributed by atoms with Gasteiger partial charge in [0.15, 0.2) is 0 Å². The molecule has 1 saturated heterocycles. The van der Waals surface area contributed by atoms with E-state index in [4.69, 9.17) is 0 Å². The normalized spacial score (nSPS) is 25.6. The third kappa shape index (κ3) is 4.98. The average Bonchev–Trinajstić information content (AvgIpc) is 3.15. The molecule has 2 amide bonds. The van der Waals surface area contributed by atoms with E-state index in [1.807, 2.05) is 23.1 Å². The van der Waals surface area contributed by atoms with Crippen LogP contribution in [-0.4, -0.2) is 73.5 Å². The summed E-state index contributed by atoms with van der Waals surface area (Å²) in [7, 11) is 0. The monoisotopic (exact) mass is 398 g/mol. The molecule has 3 aliphatic rings. The largest absolute Gasteiger partial charge is 0.352 e. The average molecular weight is 399 g/mol. The van der Waals surface area contributed by atoms with Crippen LogP contribution in [0.25, 0.3) is 0 Å². The van der Waals surface area contributed by atoms with E-state index in [0.717, 1.165) is 51.3 Å². The Morgan fingerprint density at radius 3 is 2.41 bits per heavy atom. The van der Waals surface area contributed by atoms with E-state index in [2.05, 4.69) is 28.1 Å². The first-order chi connectivity index (χ1) is 14.1. The van der Waals surface area contributed by atoms with Gasteiger partial charge >= 0.3 is 0 Å². The lowest BCUT2D eigenvalue weighted by molar-refractivity contribution is -0.125. The van der Waals surface area contributed by atoms with Crippen LogP contribution in [0.1, 0.15) is 38.2 Å². The molecule has 1 aromatic carbocycles. The van der Waals surface area contributed by atoms with Crippen molar-refractivity contribution in [2.45, 2.75) is 45.1 Å². The van der Waals surface area contributed by atoms with Crippen molar-refractivity contribution in [3.63, 3.8) is 0 Å². The lowest BCUT2D eigenvalue weighted by Crippen LogP contribution is -2.53. The maximum Gasteiger partial charge on any atom is 0.241 e. The molecule has 29 heavy (non-hydrogen) atoms. The number of hydrogen-bond donors (Lipinski definition) is 1. The number of nitrogens with zero attached hydrogens (tertiary/aromatic N) is 3. The van der Waals surface area contributed by atoms with Crippen molar-refractivity contribution in [1.29, 1.82) is 0 Å². The molecular formula is C23H34N4O2. The molecule has 2 unspecified atom stereocenters. The number of carbonyl (C=O) groups is 2. The van der Waals surface area contributed by atoms with Crippen molar-refractivity contribution in [2.24, 2.45) is 5.92 Å². The fraction of sp³-hybridized carbons (Fsp3) is 0.652. The summed E-state index contributed by atoms with van der Waals surface area (Å²) in [4.78, 5) is 31.6. The van der Waals surface area contributed by atoms with Crippen LogP contribution < -0.4 is 10.2 Å². The van der Waals surface area contributed by atoms with E-state index in [-0.39, 0.29) is 11.8 Å². The minimum Gasteiger partial charge on any atom is -0.352 e. The highest BCUT2D eigenvalue weighted by molar-refractivity contribution is 5.96. The second-order valence-corrected chi connectivity index (χ2v) is 8.91. The molecule has 4 rings (SSSR count). The van der Waals surface area contributed by atoms with Gasteiger partial charge in [-0.3, -0.25) is 19.4 Å². The molecular weight excluding hydrogens is 364 g/mol. The molecule has 2 heterocycles. The summed E-state index contributed by atoms with van der Waals surface area (Å²) in [5.41, 5.74) is 2.34. The van der Waals surface area contributed by atoms with E-state index in [1.165, 1.54) is 24.8 Å². The highest BCUT2D eigenvalue weighted by atomic mass is 16.2. The van der Waals surface area contributed by atoms with E-state index >= 15 is 0 Å². The fourth-order valence-corrected chi connectivity index (χ4v) is 4.97. The Kier molecular flexibility index (Phi) is 6.50. The lowest BCUT2D eigenvalue weighted by atomic mass is 9.86. The number of piperazine rings is 1. The van der Waals surface area contributed by atoms with E-state index in [9.17, 15) is 9.59 Å². The van der Waals surface area contributed by atoms with Crippen LogP contribution in [0.4, 0.5) is 5.69 Å². The van der Waals surface area contributed by atoms with Gasteiger partial charge in [0.05, 0.1) is 13.1 Å². The van der Waals surface area contributed by atoms with Crippen molar-refractivity contribution >= 4 is 17.5 Å². The molecule has 1 aromatic rings. The van der Waals surface area contributed by atoms with Gasteiger partial charge in [-0.15, -0.1) is 0 Å². The molecule has 0 aromatic heterocycles. The topological polar surface area (TPSA) is 55.9 Å². The van der Waals surface area contributed by atoms with Crippen molar-refractivity contribution < 1.29 is 9.59 Å². The van der Waals surface area contributed by atoms with E-state index < -0.39 is 0 Å². The summed E-state index contributed by atoms with van der Waals surface area (Å²) in [6, 6.07) is 8.54. The highest BCUT2D eigenvalue weighted by Crippen LogP contribution is 2.27. The molecule has 0 bridgehead atoms. The first-order valence-electron chi connectivity index (χ1n) is 11.2. The number of anilines is 1. The Morgan fingerprint density at radius 2 is 1.66 bits per heavy atom. The zero-order valence-electron chi connectivity index (χ0n) is 17.6. The van der Waals surface area contributed by atoms with Gasteiger partial charge in [0.2, 0.25) is 11.8 Å². The van der Waals surface area contributed by atoms with Crippen molar-refractivity contribution in [1.82, 2.24) is 15.1 Å². The van der Waals surface area contributed by atoms with Crippen LogP contribution in [0, 0.1) is 5.92 Å². The third-order valence-corrected chi connectivity index (χ3v) is 6.84. The zero-order chi connectivity index (χ0) is 20.2. The molecule has 1 aliphatic carbocycles. The van der Waals surface area contributed by atoms with Gasteiger partial charge in [-0.1, -0.05) is 38.0 Å². The molecule has 6 nitrogen and oxygen atoms in total. The van der Waals surface area contributed by atoms with Gasteiger partial charge in [0.1, 0.15) is 0 Å². The summed E-state index contributed by atoms with van der Waals surface area (Å²) in [6.07, 6.45) is 5.80. The maximum atomic E-state index is 12.8. The SMILES string of the molecule is CC1CCCCC1NC(=O)CN1CCN(CC(=O)N2CCc3ccccc32)CC1. The molecule has 2 atom stereocenters. The van der Waals surface area contributed by atoms with Crippen molar-refractivity contribution in [2.75, 3.05) is 50.7 Å².